The monoisotopic (exact) mass is 358 g/mol. The van der Waals surface area contributed by atoms with Gasteiger partial charge in [-0.1, -0.05) is 12.5 Å². The van der Waals surface area contributed by atoms with Crippen molar-refractivity contribution in [1.82, 2.24) is 4.31 Å². The van der Waals surface area contributed by atoms with Crippen LogP contribution in [0.15, 0.2) is 46.4 Å². The van der Waals surface area contributed by atoms with Crippen LogP contribution in [-0.4, -0.2) is 28.9 Å². The van der Waals surface area contributed by atoms with Gasteiger partial charge in [-0.15, -0.1) is 6.42 Å². The van der Waals surface area contributed by atoms with Gasteiger partial charge in [0.2, 0.25) is 0 Å². The van der Waals surface area contributed by atoms with Gasteiger partial charge in [-0.2, -0.15) is 0 Å². The summed E-state index contributed by atoms with van der Waals surface area (Å²) in [6.07, 6.45) is 7.31. The lowest BCUT2D eigenvalue weighted by Crippen LogP contribution is -2.25. The molecular formula is C21H30N2OS. The second-order valence-corrected chi connectivity index (χ2v) is 8.26. The molecule has 3 nitrogen and oxygen atoms in total. The second kappa shape index (κ2) is 9.70. The summed E-state index contributed by atoms with van der Waals surface area (Å²) in [7, 11) is 2.00. The molecule has 136 valence electrons. The highest BCUT2D eigenvalue weighted by Gasteiger charge is 2.15. The lowest BCUT2D eigenvalue weighted by molar-refractivity contribution is -0.0539. The van der Waals surface area contributed by atoms with Crippen molar-refractivity contribution in [3.05, 3.63) is 42.1 Å². The van der Waals surface area contributed by atoms with Crippen LogP contribution in [0.5, 0.6) is 0 Å². The number of benzene rings is 1. The Morgan fingerprint density at radius 3 is 2.48 bits per heavy atom. The van der Waals surface area contributed by atoms with E-state index < -0.39 is 0 Å². The second-order valence-electron chi connectivity index (χ2n) is 7.06. The Bertz CT molecular complexity index is 635. The molecule has 0 heterocycles. The van der Waals surface area contributed by atoms with Crippen molar-refractivity contribution in [2.45, 2.75) is 64.1 Å². The molecule has 0 N–H and O–H groups in total. The Hall–Kier alpha value is -1.70. The quantitative estimate of drug-likeness (QED) is 0.277. The number of nitrogens with zero attached hydrogens (tertiary/aromatic N) is 2. The van der Waals surface area contributed by atoms with Crippen LogP contribution in [0, 0.1) is 12.3 Å². The molecule has 0 bridgehead atoms. The van der Waals surface area contributed by atoms with Gasteiger partial charge in [0.15, 0.2) is 0 Å². The minimum atomic E-state index is -0.119. The van der Waals surface area contributed by atoms with E-state index in [0.29, 0.717) is 0 Å². The molecule has 1 rings (SSSR count). The Morgan fingerprint density at radius 1 is 1.36 bits per heavy atom. The van der Waals surface area contributed by atoms with Gasteiger partial charge in [-0.3, -0.25) is 0 Å². The Labute approximate surface area is 157 Å². The van der Waals surface area contributed by atoms with Crippen LogP contribution in [0.1, 0.15) is 53.0 Å². The minimum absolute atomic E-state index is 0.119. The molecule has 1 atom stereocenters. The fourth-order valence-electron chi connectivity index (χ4n) is 2.22. The summed E-state index contributed by atoms with van der Waals surface area (Å²) in [5, 5.41) is 0. The zero-order chi connectivity index (χ0) is 19.0. The SMILES string of the molecule is C#Cc1ccc(SN(C)C(C)=NC(=C)CCC(C)OC(C)(C)C)cc1. The number of ether oxygens (including phenoxy) is 1. The molecule has 0 spiro atoms. The topological polar surface area (TPSA) is 24.8 Å². The van der Waals surface area contributed by atoms with Gasteiger partial charge in [-0.05, 0) is 83.7 Å². The number of aliphatic imine (C=N–C) groups is 1. The molecule has 25 heavy (non-hydrogen) atoms. The lowest BCUT2D eigenvalue weighted by Gasteiger charge is -2.25. The maximum absolute atomic E-state index is 5.92. The van der Waals surface area contributed by atoms with Crippen LogP contribution in [0.25, 0.3) is 0 Å². The van der Waals surface area contributed by atoms with E-state index in [4.69, 9.17) is 11.2 Å². The normalized spacial score (nSPS) is 13.2. The zero-order valence-corrected chi connectivity index (χ0v) is 17.1. The fourth-order valence-corrected chi connectivity index (χ4v) is 2.97. The molecule has 1 aromatic rings. The molecular weight excluding hydrogens is 328 g/mol. The molecule has 0 aromatic heterocycles. The van der Waals surface area contributed by atoms with Crippen molar-refractivity contribution in [2.24, 2.45) is 4.99 Å². The summed E-state index contributed by atoms with van der Waals surface area (Å²) in [6, 6.07) is 7.92. The molecule has 0 saturated carbocycles. The average Bonchev–Trinajstić information content (AvgIpc) is 2.52. The zero-order valence-electron chi connectivity index (χ0n) is 16.3. The lowest BCUT2D eigenvalue weighted by atomic mass is 10.1. The standard InChI is InChI=1S/C21H30N2OS/c1-9-19-12-14-20(15-13-19)25-23(8)18(4)22-16(2)10-11-17(3)24-21(5,6)7/h1,12-15,17H,2,10-11H2,3-8H3. The third-order valence-corrected chi connectivity index (χ3v) is 4.45. The Balaban J connectivity index is 2.51. The Kier molecular flexibility index (Phi) is 8.28. The molecule has 0 aliphatic heterocycles. The summed E-state index contributed by atoms with van der Waals surface area (Å²) in [5.41, 5.74) is 1.64. The number of amidine groups is 1. The highest BCUT2D eigenvalue weighted by molar-refractivity contribution is 7.97. The average molecular weight is 359 g/mol. The number of terminal acetylenes is 1. The maximum Gasteiger partial charge on any atom is 0.111 e. The number of hydrogen-bond acceptors (Lipinski definition) is 3. The molecule has 0 radical (unpaired) electrons. The highest BCUT2D eigenvalue weighted by Crippen LogP contribution is 2.23. The van der Waals surface area contributed by atoms with Gasteiger partial charge in [0.05, 0.1) is 11.7 Å². The number of allylic oxidation sites excluding steroid dienone is 1. The van der Waals surface area contributed by atoms with E-state index in [1.54, 1.807) is 11.9 Å². The van der Waals surface area contributed by atoms with Gasteiger partial charge in [0.1, 0.15) is 5.84 Å². The van der Waals surface area contributed by atoms with E-state index in [-0.39, 0.29) is 11.7 Å². The van der Waals surface area contributed by atoms with Crippen LogP contribution in [0.4, 0.5) is 0 Å². The van der Waals surface area contributed by atoms with Gasteiger partial charge in [-0.25, -0.2) is 4.99 Å². The van der Waals surface area contributed by atoms with E-state index in [0.717, 1.165) is 34.8 Å². The molecule has 0 aliphatic carbocycles. The molecule has 0 amide bonds. The van der Waals surface area contributed by atoms with E-state index in [9.17, 15) is 0 Å². The van der Waals surface area contributed by atoms with Crippen molar-refractivity contribution in [1.29, 1.82) is 0 Å². The molecule has 0 saturated heterocycles. The first kappa shape index (κ1) is 21.3. The van der Waals surface area contributed by atoms with Crippen molar-refractivity contribution < 1.29 is 4.74 Å². The van der Waals surface area contributed by atoms with E-state index in [1.807, 2.05) is 42.5 Å². The van der Waals surface area contributed by atoms with Crippen LogP contribution in [-0.2, 0) is 4.74 Å². The van der Waals surface area contributed by atoms with Crippen molar-refractivity contribution in [3.63, 3.8) is 0 Å². The third kappa shape index (κ3) is 8.81. The first-order valence-electron chi connectivity index (χ1n) is 8.50. The first-order chi connectivity index (χ1) is 11.6. The van der Waals surface area contributed by atoms with E-state index in [2.05, 4.69) is 45.2 Å². The summed E-state index contributed by atoms with van der Waals surface area (Å²) in [4.78, 5) is 5.73. The minimum Gasteiger partial charge on any atom is -0.373 e. The van der Waals surface area contributed by atoms with E-state index in [1.165, 1.54) is 0 Å². The molecule has 1 aromatic carbocycles. The largest absolute Gasteiger partial charge is 0.373 e. The predicted molar refractivity (Wildman–Crippen MR) is 110 cm³/mol. The Morgan fingerprint density at radius 2 is 1.96 bits per heavy atom. The van der Waals surface area contributed by atoms with Crippen molar-refractivity contribution in [3.8, 4) is 12.3 Å². The molecule has 1 unspecified atom stereocenters. The molecule has 0 aliphatic rings. The van der Waals surface area contributed by atoms with Crippen molar-refractivity contribution in [2.75, 3.05) is 7.05 Å². The third-order valence-electron chi connectivity index (χ3n) is 3.43. The highest BCUT2D eigenvalue weighted by atomic mass is 32.2. The van der Waals surface area contributed by atoms with Gasteiger partial charge < -0.3 is 9.04 Å². The van der Waals surface area contributed by atoms with Crippen LogP contribution in [0.3, 0.4) is 0 Å². The maximum atomic E-state index is 5.92. The predicted octanol–water partition coefficient (Wildman–Crippen LogP) is 5.52. The molecule has 0 fully saturated rings. The fraction of sp³-hybridized carbons (Fsp3) is 0.476. The van der Waals surface area contributed by atoms with Crippen LogP contribution in [0.2, 0.25) is 0 Å². The summed E-state index contributed by atoms with van der Waals surface area (Å²) in [5.74, 6) is 3.54. The van der Waals surface area contributed by atoms with Gasteiger partial charge >= 0.3 is 0 Å². The van der Waals surface area contributed by atoms with Crippen LogP contribution >= 0.6 is 11.9 Å². The van der Waals surface area contributed by atoms with Gasteiger partial charge in [0.25, 0.3) is 0 Å². The summed E-state index contributed by atoms with van der Waals surface area (Å²) in [6.45, 7) is 14.4. The number of hydrogen-bond donors (Lipinski definition) is 0. The summed E-state index contributed by atoms with van der Waals surface area (Å²) >= 11 is 1.61. The van der Waals surface area contributed by atoms with E-state index >= 15 is 0 Å². The first-order valence-corrected chi connectivity index (χ1v) is 9.27. The summed E-state index contributed by atoms with van der Waals surface area (Å²) < 4.78 is 7.95. The van der Waals surface area contributed by atoms with Crippen LogP contribution < -0.4 is 0 Å². The van der Waals surface area contributed by atoms with Gasteiger partial charge in [0, 0.05) is 23.2 Å². The number of rotatable bonds is 7. The molecule has 4 heteroatoms. The van der Waals surface area contributed by atoms with Crippen molar-refractivity contribution >= 4 is 17.8 Å². The smallest absolute Gasteiger partial charge is 0.111 e.